The first-order valence-electron chi connectivity index (χ1n) is 6.37. The van der Waals surface area contributed by atoms with E-state index in [4.69, 9.17) is 33.7 Å². The van der Waals surface area contributed by atoms with Gasteiger partial charge in [-0.3, -0.25) is 4.79 Å². The van der Waals surface area contributed by atoms with Gasteiger partial charge < -0.3 is 15.4 Å². The lowest BCUT2D eigenvalue weighted by atomic mass is 9.84. The summed E-state index contributed by atoms with van der Waals surface area (Å²) in [5, 5.41) is 0.986. The van der Waals surface area contributed by atoms with E-state index in [0.29, 0.717) is 29.8 Å². The predicted octanol–water partition coefficient (Wildman–Crippen LogP) is 2.32. The van der Waals surface area contributed by atoms with Crippen molar-refractivity contribution in [3.05, 3.63) is 33.8 Å². The van der Waals surface area contributed by atoms with Crippen LogP contribution in [0.3, 0.4) is 0 Å². The molecule has 1 aliphatic rings. The van der Waals surface area contributed by atoms with Crippen LogP contribution in [0.5, 0.6) is 0 Å². The van der Waals surface area contributed by atoms with Crippen molar-refractivity contribution in [2.45, 2.75) is 19.5 Å². The fraction of sp³-hybridized carbons (Fsp3) is 0.500. The molecule has 1 aromatic carbocycles. The van der Waals surface area contributed by atoms with Crippen molar-refractivity contribution in [1.82, 2.24) is 4.90 Å². The summed E-state index contributed by atoms with van der Waals surface area (Å²) in [7, 11) is 1.75. The molecule has 6 heteroatoms. The largest absolute Gasteiger partial charge is 0.379 e. The van der Waals surface area contributed by atoms with Gasteiger partial charge in [0, 0.05) is 19.6 Å². The van der Waals surface area contributed by atoms with E-state index in [-0.39, 0.29) is 11.9 Å². The topological polar surface area (TPSA) is 55.6 Å². The summed E-state index contributed by atoms with van der Waals surface area (Å²) in [5.41, 5.74) is 6.24. The fourth-order valence-corrected chi connectivity index (χ4v) is 2.65. The van der Waals surface area contributed by atoms with E-state index in [1.165, 1.54) is 0 Å². The number of hydrogen-bond donors (Lipinski definition) is 1. The van der Waals surface area contributed by atoms with Crippen LogP contribution in [-0.2, 0) is 16.1 Å². The van der Waals surface area contributed by atoms with Crippen LogP contribution in [0, 0.1) is 5.41 Å². The molecule has 1 saturated heterocycles. The van der Waals surface area contributed by atoms with Crippen molar-refractivity contribution >= 4 is 29.1 Å². The maximum Gasteiger partial charge on any atom is 0.232 e. The highest BCUT2D eigenvalue weighted by Crippen LogP contribution is 2.30. The molecule has 1 heterocycles. The Bertz CT molecular complexity index is 524. The van der Waals surface area contributed by atoms with E-state index in [1.807, 2.05) is 13.0 Å². The molecule has 2 atom stereocenters. The minimum atomic E-state index is -0.662. The number of carbonyl (C=O) groups excluding carboxylic acids is 1. The molecule has 1 aromatic rings. The Balaban J connectivity index is 2.09. The van der Waals surface area contributed by atoms with Gasteiger partial charge >= 0.3 is 0 Å². The first-order chi connectivity index (χ1) is 9.34. The smallest absolute Gasteiger partial charge is 0.232 e. The van der Waals surface area contributed by atoms with E-state index in [9.17, 15) is 4.79 Å². The van der Waals surface area contributed by atoms with Crippen LogP contribution in [0.4, 0.5) is 0 Å². The second kappa shape index (κ2) is 5.90. The first-order valence-corrected chi connectivity index (χ1v) is 7.13. The van der Waals surface area contributed by atoms with E-state index >= 15 is 0 Å². The van der Waals surface area contributed by atoms with Gasteiger partial charge in [-0.15, -0.1) is 0 Å². The Morgan fingerprint density at radius 2 is 2.20 bits per heavy atom. The number of benzene rings is 1. The summed E-state index contributed by atoms with van der Waals surface area (Å²) < 4.78 is 5.32. The fourth-order valence-electron chi connectivity index (χ4n) is 2.33. The number of amides is 1. The Hall–Kier alpha value is -0.810. The number of rotatable bonds is 3. The molecule has 4 nitrogen and oxygen atoms in total. The normalized spacial score (nSPS) is 25.8. The van der Waals surface area contributed by atoms with Crippen LogP contribution in [-0.4, -0.2) is 37.1 Å². The number of nitrogens with zero attached hydrogens (tertiary/aromatic N) is 1. The quantitative estimate of drug-likeness (QED) is 0.931. The highest BCUT2D eigenvalue weighted by Gasteiger charge is 2.45. The first kappa shape index (κ1) is 15.6. The van der Waals surface area contributed by atoms with Crippen molar-refractivity contribution in [2.75, 3.05) is 20.3 Å². The minimum Gasteiger partial charge on any atom is -0.379 e. The van der Waals surface area contributed by atoms with Gasteiger partial charge in [-0.05, 0) is 24.6 Å². The lowest BCUT2D eigenvalue weighted by Gasteiger charge is -2.31. The van der Waals surface area contributed by atoms with Crippen LogP contribution < -0.4 is 5.73 Å². The zero-order chi connectivity index (χ0) is 14.9. The van der Waals surface area contributed by atoms with Crippen LogP contribution in [0.15, 0.2) is 18.2 Å². The van der Waals surface area contributed by atoms with E-state index in [0.717, 1.165) is 5.56 Å². The molecule has 0 saturated carbocycles. The van der Waals surface area contributed by atoms with Crippen molar-refractivity contribution in [3.8, 4) is 0 Å². The summed E-state index contributed by atoms with van der Waals surface area (Å²) in [4.78, 5) is 14.2. The number of hydrogen-bond acceptors (Lipinski definition) is 3. The Kier molecular flexibility index (Phi) is 4.59. The summed E-state index contributed by atoms with van der Waals surface area (Å²) in [6.45, 7) is 3.08. The zero-order valence-electron chi connectivity index (χ0n) is 11.5. The molecule has 2 rings (SSSR count). The molecule has 0 aliphatic carbocycles. The standard InChI is InChI=1S/C14H18Cl2N2O2/c1-14(8-20-7-12(14)17)13(19)18(2)6-9-3-4-10(15)11(16)5-9/h3-5,12H,6-8,17H2,1-2H3. The van der Waals surface area contributed by atoms with E-state index < -0.39 is 5.41 Å². The van der Waals surface area contributed by atoms with Crippen LogP contribution >= 0.6 is 23.2 Å². The van der Waals surface area contributed by atoms with Crippen LogP contribution in [0.1, 0.15) is 12.5 Å². The maximum atomic E-state index is 12.5. The third kappa shape index (κ3) is 2.93. The highest BCUT2D eigenvalue weighted by molar-refractivity contribution is 6.42. The SMILES string of the molecule is CN(Cc1ccc(Cl)c(Cl)c1)C(=O)C1(C)COCC1N. The molecular formula is C14H18Cl2N2O2. The second-order valence-electron chi connectivity index (χ2n) is 5.45. The van der Waals surface area contributed by atoms with Gasteiger partial charge in [-0.1, -0.05) is 29.3 Å². The minimum absolute atomic E-state index is 0.0198. The summed E-state index contributed by atoms with van der Waals surface area (Å²) in [6, 6.07) is 5.07. The Morgan fingerprint density at radius 1 is 1.50 bits per heavy atom. The van der Waals surface area contributed by atoms with Crippen molar-refractivity contribution in [3.63, 3.8) is 0 Å². The predicted molar refractivity (Wildman–Crippen MR) is 79.8 cm³/mol. The lowest BCUT2D eigenvalue weighted by molar-refractivity contribution is -0.140. The lowest BCUT2D eigenvalue weighted by Crippen LogP contribution is -2.50. The molecule has 0 aromatic heterocycles. The molecule has 110 valence electrons. The molecule has 0 spiro atoms. The van der Waals surface area contributed by atoms with Crippen molar-refractivity contribution in [2.24, 2.45) is 11.1 Å². The van der Waals surface area contributed by atoms with E-state index in [1.54, 1.807) is 24.1 Å². The zero-order valence-corrected chi connectivity index (χ0v) is 13.0. The molecule has 1 fully saturated rings. The van der Waals surface area contributed by atoms with E-state index in [2.05, 4.69) is 0 Å². The summed E-state index contributed by atoms with van der Waals surface area (Å²) in [6.07, 6.45) is 0. The summed E-state index contributed by atoms with van der Waals surface area (Å²) >= 11 is 11.9. The molecule has 2 N–H and O–H groups in total. The number of nitrogens with two attached hydrogens (primary N) is 1. The van der Waals surface area contributed by atoms with Gasteiger partial charge in [0.05, 0.1) is 28.7 Å². The molecule has 20 heavy (non-hydrogen) atoms. The maximum absolute atomic E-state index is 12.5. The van der Waals surface area contributed by atoms with Gasteiger partial charge in [-0.25, -0.2) is 0 Å². The van der Waals surface area contributed by atoms with Gasteiger partial charge in [0.1, 0.15) is 0 Å². The Morgan fingerprint density at radius 3 is 2.75 bits per heavy atom. The van der Waals surface area contributed by atoms with Crippen LogP contribution in [0.25, 0.3) is 0 Å². The number of carbonyl (C=O) groups is 1. The Labute approximate surface area is 128 Å². The monoisotopic (exact) mass is 316 g/mol. The van der Waals surface area contributed by atoms with Gasteiger partial charge in [0.25, 0.3) is 0 Å². The van der Waals surface area contributed by atoms with Crippen molar-refractivity contribution < 1.29 is 9.53 Å². The van der Waals surface area contributed by atoms with Gasteiger partial charge in [0.15, 0.2) is 0 Å². The average molecular weight is 317 g/mol. The number of ether oxygens (including phenoxy) is 1. The average Bonchev–Trinajstić information content (AvgIpc) is 2.74. The molecule has 1 aliphatic heterocycles. The highest BCUT2D eigenvalue weighted by atomic mass is 35.5. The third-order valence-corrected chi connectivity index (χ3v) is 4.50. The van der Waals surface area contributed by atoms with Crippen LogP contribution in [0.2, 0.25) is 10.0 Å². The molecule has 2 unspecified atom stereocenters. The van der Waals surface area contributed by atoms with Crippen molar-refractivity contribution in [1.29, 1.82) is 0 Å². The third-order valence-electron chi connectivity index (χ3n) is 3.76. The number of halogens is 2. The molecule has 0 bridgehead atoms. The molecule has 0 radical (unpaired) electrons. The van der Waals surface area contributed by atoms with Gasteiger partial charge in [0.2, 0.25) is 5.91 Å². The molecule has 1 amide bonds. The molecular weight excluding hydrogens is 299 g/mol. The van der Waals surface area contributed by atoms with Gasteiger partial charge in [-0.2, -0.15) is 0 Å². The second-order valence-corrected chi connectivity index (χ2v) is 6.26. The summed E-state index contributed by atoms with van der Waals surface area (Å²) in [5.74, 6) is -0.0198.